The Balaban J connectivity index is 2.05. The summed E-state index contributed by atoms with van der Waals surface area (Å²) in [5.74, 6) is -2.32. The van der Waals surface area contributed by atoms with Crippen LogP contribution < -0.4 is 9.47 Å². The maximum atomic E-state index is 12.4. The molecular formula is C20H11F6NO4. The molecule has 1 N–H and O–H groups in total. The van der Waals surface area contributed by atoms with Crippen LogP contribution in [0, 0.1) is 0 Å². The quantitative estimate of drug-likeness (QED) is 0.497. The van der Waals surface area contributed by atoms with E-state index < -0.39 is 30.2 Å². The molecule has 0 aliphatic carbocycles. The second kappa shape index (κ2) is 8.17. The van der Waals surface area contributed by atoms with Gasteiger partial charge in [0, 0.05) is 17.3 Å². The zero-order valence-electron chi connectivity index (χ0n) is 15.2. The highest BCUT2D eigenvalue weighted by molar-refractivity contribution is 6.00. The summed E-state index contributed by atoms with van der Waals surface area (Å²) in [7, 11) is 0. The van der Waals surface area contributed by atoms with Gasteiger partial charge in [-0.1, -0.05) is 12.1 Å². The van der Waals surface area contributed by atoms with Crippen LogP contribution in [0.15, 0.2) is 60.8 Å². The lowest BCUT2D eigenvalue weighted by molar-refractivity contribution is -0.275. The Labute approximate surface area is 170 Å². The van der Waals surface area contributed by atoms with Gasteiger partial charge in [0.15, 0.2) is 0 Å². The topological polar surface area (TPSA) is 68.7 Å². The Morgan fingerprint density at radius 1 is 0.742 bits per heavy atom. The van der Waals surface area contributed by atoms with Gasteiger partial charge in [-0.25, -0.2) is 4.79 Å². The van der Waals surface area contributed by atoms with Crippen LogP contribution >= 0.6 is 0 Å². The van der Waals surface area contributed by atoms with E-state index in [0.717, 1.165) is 24.3 Å². The van der Waals surface area contributed by atoms with Gasteiger partial charge in [0.1, 0.15) is 11.5 Å². The van der Waals surface area contributed by atoms with E-state index in [1.165, 1.54) is 36.5 Å². The molecule has 0 aliphatic rings. The molecule has 5 nitrogen and oxygen atoms in total. The summed E-state index contributed by atoms with van der Waals surface area (Å²) in [4.78, 5) is 15.8. The Bertz CT molecular complexity index is 1080. The van der Waals surface area contributed by atoms with Crippen molar-refractivity contribution in [3.63, 3.8) is 0 Å². The van der Waals surface area contributed by atoms with Gasteiger partial charge in [-0.3, -0.25) is 4.98 Å². The van der Waals surface area contributed by atoms with Crippen molar-refractivity contribution in [3.8, 4) is 33.9 Å². The van der Waals surface area contributed by atoms with Crippen LogP contribution in [0.2, 0.25) is 0 Å². The summed E-state index contributed by atoms with van der Waals surface area (Å²) in [5.41, 5.74) is 0.444. The van der Waals surface area contributed by atoms with Gasteiger partial charge in [0.25, 0.3) is 0 Å². The monoisotopic (exact) mass is 443 g/mol. The number of nitrogens with zero attached hydrogens (tertiary/aromatic N) is 1. The molecule has 11 heteroatoms. The lowest BCUT2D eigenvalue weighted by atomic mass is 9.94. The van der Waals surface area contributed by atoms with Crippen molar-refractivity contribution in [2.24, 2.45) is 0 Å². The molecular weight excluding hydrogens is 432 g/mol. The smallest absolute Gasteiger partial charge is 0.478 e. The van der Waals surface area contributed by atoms with E-state index in [9.17, 15) is 36.2 Å². The van der Waals surface area contributed by atoms with Crippen molar-refractivity contribution in [2.75, 3.05) is 0 Å². The number of benzene rings is 2. The van der Waals surface area contributed by atoms with Crippen LogP contribution in [-0.4, -0.2) is 28.8 Å². The first kappa shape index (κ1) is 21.9. The molecule has 3 rings (SSSR count). The normalized spacial score (nSPS) is 11.8. The molecule has 1 aromatic heterocycles. The summed E-state index contributed by atoms with van der Waals surface area (Å²) >= 11 is 0. The van der Waals surface area contributed by atoms with Crippen molar-refractivity contribution in [1.29, 1.82) is 0 Å². The molecule has 0 fully saturated rings. The Morgan fingerprint density at radius 2 is 1.19 bits per heavy atom. The lowest BCUT2D eigenvalue weighted by Gasteiger charge is -2.14. The summed E-state index contributed by atoms with van der Waals surface area (Å²) in [5, 5.41) is 9.53. The molecule has 0 spiro atoms. The minimum Gasteiger partial charge on any atom is -0.478 e. The Kier molecular flexibility index (Phi) is 5.78. The molecule has 0 amide bonds. The third-order valence-corrected chi connectivity index (χ3v) is 3.92. The molecule has 0 unspecified atom stereocenters. The second-order valence-electron chi connectivity index (χ2n) is 6.03. The third kappa shape index (κ3) is 5.65. The van der Waals surface area contributed by atoms with E-state index in [2.05, 4.69) is 14.5 Å². The number of carboxylic acid groups (broad SMARTS) is 1. The summed E-state index contributed by atoms with van der Waals surface area (Å²) in [6.07, 6.45) is -8.58. The van der Waals surface area contributed by atoms with Gasteiger partial charge in [0.05, 0.1) is 11.3 Å². The summed E-state index contributed by atoms with van der Waals surface area (Å²) in [6.45, 7) is 0. The number of carboxylic acids is 1. The van der Waals surface area contributed by atoms with Crippen LogP contribution in [0.25, 0.3) is 22.4 Å². The molecule has 1 heterocycles. The fourth-order valence-corrected chi connectivity index (χ4v) is 2.79. The lowest BCUT2D eigenvalue weighted by Crippen LogP contribution is -2.17. The van der Waals surface area contributed by atoms with Gasteiger partial charge in [-0.15, -0.1) is 26.3 Å². The van der Waals surface area contributed by atoms with Crippen molar-refractivity contribution in [3.05, 3.63) is 66.4 Å². The van der Waals surface area contributed by atoms with Gasteiger partial charge in [-0.2, -0.15) is 0 Å². The number of hydrogen-bond donors (Lipinski definition) is 1. The van der Waals surface area contributed by atoms with Crippen LogP contribution in [0.1, 0.15) is 10.4 Å². The molecule has 162 valence electrons. The second-order valence-corrected chi connectivity index (χ2v) is 6.03. The molecule has 2 aromatic carbocycles. The van der Waals surface area contributed by atoms with Gasteiger partial charge in [0.2, 0.25) is 0 Å². The Morgan fingerprint density at radius 3 is 1.61 bits per heavy atom. The van der Waals surface area contributed by atoms with Gasteiger partial charge >= 0.3 is 18.7 Å². The van der Waals surface area contributed by atoms with E-state index in [4.69, 9.17) is 0 Å². The number of halogens is 6. The minimum absolute atomic E-state index is 0.0676. The highest BCUT2D eigenvalue weighted by Gasteiger charge is 2.32. The number of pyridine rings is 1. The average molecular weight is 443 g/mol. The van der Waals surface area contributed by atoms with E-state index >= 15 is 0 Å². The molecule has 3 aromatic rings. The van der Waals surface area contributed by atoms with Gasteiger partial charge < -0.3 is 14.6 Å². The van der Waals surface area contributed by atoms with Crippen molar-refractivity contribution in [2.45, 2.75) is 12.7 Å². The van der Waals surface area contributed by atoms with Crippen LogP contribution in [0.3, 0.4) is 0 Å². The summed E-state index contributed by atoms with van der Waals surface area (Å²) < 4.78 is 81.7. The molecule has 0 saturated carbocycles. The maximum Gasteiger partial charge on any atom is 0.573 e. The van der Waals surface area contributed by atoms with Crippen molar-refractivity contribution in [1.82, 2.24) is 4.98 Å². The number of alkyl halides is 6. The zero-order valence-corrected chi connectivity index (χ0v) is 15.2. The SMILES string of the molecule is O=C(O)c1ccnc(-c2ccc(OC(F)(F)F)cc2)c1-c1ccc(OC(F)(F)F)cc1. The molecule has 0 atom stereocenters. The number of aromatic carboxylic acids is 1. The van der Waals surface area contributed by atoms with Crippen LogP contribution in [-0.2, 0) is 0 Å². The number of rotatable bonds is 5. The van der Waals surface area contributed by atoms with E-state index in [-0.39, 0.29) is 27.9 Å². The predicted octanol–water partition coefficient (Wildman–Crippen LogP) is 5.91. The first-order valence-corrected chi connectivity index (χ1v) is 8.37. The molecule has 0 aliphatic heterocycles. The number of ether oxygens (including phenoxy) is 2. The highest BCUT2D eigenvalue weighted by atomic mass is 19.4. The number of carbonyl (C=O) groups is 1. The first-order chi connectivity index (χ1) is 14.4. The molecule has 0 saturated heterocycles. The highest BCUT2D eigenvalue weighted by Crippen LogP contribution is 2.36. The van der Waals surface area contributed by atoms with E-state index in [1.807, 2.05) is 0 Å². The number of aromatic nitrogens is 1. The standard InChI is InChI=1S/C20H11F6NO4/c21-19(22,23)30-13-5-1-11(2-6-13)16-15(18(28)29)9-10-27-17(16)12-3-7-14(8-4-12)31-20(24,25)26/h1-10H,(H,28,29). The Hall–Kier alpha value is -3.76. The molecule has 0 radical (unpaired) electrons. The maximum absolute atomic E-state index is 12.4. The predicted molar refractivity (Wildman–Crippen MR) is 95.4 cm³/mol. The third-order valence-electron chi connectivity index (χ3n) is 3.92. The zero-order chi connectivity index (χ0) is 22.8. The number of hydrogen-bond acceptors (Lipinski definition) is 4. The largest absolute Gasteiger partial charge is 0.573 e. The fourth-order valence-electron chi connectivity index (χ4n) is 2.79. The van der Waals surface area contributed by atoms with E-state index in [1.54, 1.807) is 0 Å². The molecule has 0 bridgehead atoms. The first-order valence-electron chi connectivity index (χ1n) is 8.37. The average Bonchev–Trinajstić information content (AvgIpc) is 2.66. The van der Waals surface area contributed by atoms with Gasteiger partial charge in [-0.05, 0) is 48.0 Å². The van der Waals surface area contributed by atoms with Crippen LogP contribution in [0.4, 0.5) is 26.3 Å². The van der Waals surface area contributed by atoms with Crippen LogP contribution in [0.5, 0.6) is 11.5 Å². The molecule has 31 heavy (non-hydrogen) atoms. The van der Waals surface area contributed by atoms with Crippen molar-refractivity contribution >= 4 is 5.97 Å². The van der Waals surface area contributed by atoms with E-state index in [0.29, 0.717) is 0 Å². The fraction of sp³-hybridized carbons (Fsp3) is 0.100. The minimum atomic E-state index is -4.90. The summed E-state index contributed by atoms with van der Waals surface area (Å²) in [6, 6.07) is 10.2. The van der Waals surface area contributed by atoms with Crippen molar-refractivity contribution < 1.29 is 45.7 Å².